The largest absolute Gasteiger partial charge is 0.289 e. The summed E-state index contributed by atoms with van der Waals surface area (Å²) in [5, 5.41) is 8.45. The van der Waals surface area contributed by atoms with Gasteiger partial charge in [0.25, 0.3) is 0 Å². The van der Waals surface area contributed by atoms with Gasteiger partial charge in [-0.1, -0.05) is 50.5 Å². The average molecular weight is 263 g/mol. The minimum Gasteiger partial charge on any atom is -0.289 e. The fourth-order valence-electron chi connectivity index (χ4n) is 2.28. The second-order valence-corrected chi connectivity index (χ2v) is 4.97. The Kier molecular flexibility index (Phi) is 7.91. The van der Waals surface area contributed by atoms with Gasteiger partial charge in [0.15, 0.2) is 0 Å². The maximum atomic E-state index is 11.0. The third kappa shape index (κ3) is 6.39. The summed E-state index contributed by atoms with van der Waals surface area (Å²) in [6, 6.07) is 8.47. The van der Waals surface area contributed by atoms with Gasteiger partial charge < -0.3 is 0 Å². The topological polar surface area (TPSA) is 49.3 Å². The number of carbonyl (C=O) groups excluding carboxylic acids is 1. The van der Waals surface area contributed by atoms with E-state index in [9.17, 15) is 4.79 Å². The number of hydroxylamine groups is 1. The Hall–Kier alpha value is -1.35. The standard InChI is InChI=1S/C16H25NO2/c1-2-3-4-5-9-14-10-6-7-11-15(14)12-8-13-16(18)17-19/h6-7,10-11,19H,2-5,8-9,12-13H2,1H3,(H,17,18). The molecule has 2 N–H and O–H groups in total. The predicted octanol–water partition coefficient (Wildman–Crippen LogP) is 3.64. The SMILES string of the molecule is CCCCCCc1ccccc1CCCC(=O)NO. The number of benzene rings is 1. The molecule has 0 aliphatic carbocycles. The molecular formula is C16H25NO2. The van der Waals surface area contributed by atoms with Crippen molar-refractivity contribution in [3.8, 4) is 0 Å². The Bertz CT molecular complexity index is 377. The number of aryl methyl sites for hydroxylation is 2. The van der Waals surface area contributed by atoms with Crippen molar-refractivity contribution in [2.24, 2.45) is 0 Å². The summed E-state index contributed by atoms with van der Waals surface area (Å²) < 4.78 is 0. The first-order valence-corrected chi connectivity index (χ1v) is 7.27. The highest BCUT2D eigenvalue weighted by Gasteiger charge is 2.04. The number of carbonyl (C=O) groups is 1. The Balaban J connectivity index is 2.41. The van der Waals surface area contributed by atoms with Crippen molar-refractivity contribution in [2.75, 3.05) is 0 Å². The zero-order chi connectivity index (χ0) is 13.9. The molecule has 0 spiro atoms. The molecule has 0 aliphatic rings. The summed E-state index contributed by atoms with van der Waals surface area (Å²) in [6.45, 7) is 2.22. The Morgan fingerprint density at radius 2 is 1.68 bits per heavy atom. The van der Waals surface area contributed by atoms with Crippen molar-refractivity contribution in [1.82, 2.24) is 5.48 Å². The van der Waals surface area contributed by atoms with Crippen molar-refractivity contribution in [2.45, 2.75) is 58.3 Å². The fourth-order valence-corrected chi connectivity index (χ4v) is 2.28. The van der Waals surface area contributed by atoms with Crippen LogP contribution in [0.3, 0.4) is 0 Å². The third-order valence-corrected chi connectivity index (χ3v) is 3.39. The van der Waals surface area contributed by atoms with E-state index in [4.69, 9.17) is 5.21 Å². The first-order valence-electron chi connectivity index (χ1n) is 7.27. The van der Waals surface area contributed by atoms with Gasteiger partial charge in [0.2, 0.25) is 5.91 Å². The van der Waals surface area contributed by atoms with E-state index in [1.165, 1.54) is 36.8 Å². The summed E-state index contributed by atoms with van der Waals surface area (Å²) in [7, 11) is 0. The molecule has 1 rings (SSSR count). The van der Waals surface area contributed by atoms with Gasteiger partial charge in [-0.3, -0.25) is 10.0 Å². The lowest BCUT2D eigenvalue weighted by molar-refractivity contribution is -0.129. The normalized spacial score (nSPS) is 10.4. The van der Waals surface area contributed by atoms with E-state index in [1.54, 1.807) is 5.48 Å². The molecule has 3 heteroatoms. The highest BCUT2D eigenvalue weighted by Crippen LogP contribution is 2.15. The molecule has 0 saturated carbocycles. The van der Waals surface area contributed by atoms with Crippen molar-refractivity contribution >= 4 is 5.91 Å². The highest BCUT2D eigenvalue weighted by molar-refractivity contribution is 5.74. The van der Waals surface area contributed by atoms with E-state index in [0.717, 1.165) is 19.3 Å². The minimum atomic E-state index is -0.305. The number of hydrogen-bond acceptors (Lipinski definition) is 2. The van der Waals surface area contributed by atoms with Crippen LogP contribution in [-0.2, 0) is 17.6 Å². The van der Waals surface area contributed by atoms with Crippen LogP contribution in [-0.4, -0.2) is 11.1 Å². The molecular weight excluding hydrogens is 238 g/mol. The molecule has 0 radical (unpaired) electrons. The maximum Gasteiger partial charge on any atom is 0.243 e. The monoisotopic (exact) mass is 263 g/mol. The minimum absolute atomic E-state index is 0.305. The van der Waals surface area contributed by atoms with E-state index in [2.05, 4.69) is 31.2 Å². The van der Waals surface area contributed by atoms with E-state index in [1.807, 2.05) is 0 Å². The van der Waals surface area contributed by atoms with Gasteiger partial charge in [-0.05, 0) is 36.8 Å². The summed E-state index contributed by atoms with van der Waals surface area (Å²) in [5.41, 5.74) is 4.42. The lowest BCUT2D eigenvalue weighted by Gasteiger charge is -2.09. The molecule has 0 fully saturated rings. The second-order valence-electron chi connectivity index (χ2n) is 4.97. The molecule has 106 valence electrons. The number of unbranched alkanes of at least 4 members (excludes halogenated alkanes) is 3. The van der Waals surface area contributed by atoms with Crippen LogP contribution in [0.5, 0.6) is 0 Å². The van der Waals surface area contributed by atoms with Crippen LogP contribution >= 0.6 is 0 Å². The van der Waals surface area contributed by atoms with Gasteiger partial charge >= 0.3 is 0 Å². The quantitative estimate of drug-likeness (QED) is 0.406. The molecule has 19 heavy (non-hydrogen) atoms. The molecule has 0 bridgehead atoms. The van der Waals surface area contributed by atoms with E-state index >= 15 is 0 Å². The van der Waals surface area contributed by atoms with E-state index in [0.29, 0.717) is 6.42 Å². The lowest BCUT2D eigenvalue weighted by Crippen LogP contribution is -2.18. The van der Waals surface area contributed by atoms with Gasteiger partial charge in [0.1, 0.15) is 0 Å². The molecule has 1 amide bonds. The van der Waals surface area contributed by atoms with Crippen molar-refractivity contribution in [3.05, 3.63) is 35.4 Å². The van der Waals surface area contributed by atoms with Crippen molar-refractivity contribution in [1.29, 1.82) is 0 Å². The van der Waals surface area contributed by atoms with E-state index in [-0.39, 0.29) is 5.91 Å². The highest BCUT2D eigenvalue weighted by atomic mass is 16.5. The van der Waals surface area contributed by atoms with Crippen LogP contribution < -0.4 is 5.48 Å². The van der Waals surface area contributed by atoms with Crippen LogP contribution in [0.1, 0.15) is 56.6 Å². The Labute approximate surface area is 116 Å². The van der Waals surface area contributed by atoms with Gasteiger partial charge in [-0.15, -0.1) is 0 Å². The molecule has 0 aromatic heterocycles. The van der Waals surface area contributed by atoms with E-state index < -0.39 is 0 Å². The van der Waals surface area contributed by atoms with Gasteiger partial charge in [-0.2, -0.15) is 0 Å². The number of rotatable bonds is 9. The summed E-state index contributed by atoms with van der Waals surface area (Å²) in [6.07, 6.45) is 8.27. The number of amides is 1. The zero-order valence-electron chi connectivity index (χ0n) is 11.8. The molecule has 0 saturated heterocycles. The second kappa shape index (κ2) is 9.56. The molecule has 0 aliphatic heterocycles. The van der Waals surface area contributed by atoms with Gasteiger partial charge in [-0.25, -0.2) is 5.48 Å². The van der Waals surface area contributed by atoms with Crippen molar-refractivity contribution in [3.63, 3.8) is 0 Å². The first-order chi connectivity index (χ1) is 9.27. The number of nitrogens with one attached hydrogen (secondary N) is 1. The van der Waals surface area contributed by atoms with Crippen LogP contribution in [0.4, 0.5) is 0 Å². The van der Waals surface area contributed by atoms with Gasteiger partial charge in [0.05, 0.1) is 0 Å². The van der Waals surface area contributed by atoms with Crippen molar-refractivity contribution < 1.29 is 10.0 Å². The fraction of sp³-hybridized carbons (Fsp3) is 0.562. The molecule has 1 aromatic carbocycles. The number of hydrogen-bond donors (Lipinski definition) is 2. The lowest BCUT2D eigenvalue weighted by atomic mass is 9.97. The van der Waals surface area contributed by atoms with Crippen LogP contribution in [0.25, 0.3) is 0 Å². The molecule has 3 nitrogen and oxygen atoms in total. The Morgan fingerprint density at radius 1 is 1.05 bits per heavy atom. The molecule has 0 unspecified atom stereocenters. The van der Waals surface area contributed by atoms with Crippen LogP contribution in [0.2, 0.25) is 0 Å². The smallest absolute Gasteiger partial charge is 0.243 e. The van der Waals surface area contributed by atoms with Crippen LogP contribution in [0, 0.1) is 0 Å². The first kappa shape index (κ1) is 15.7. The summed E-state index contributed by atoms with van der Waals surface area (Å²) >= 11 is 0. The molecule has 0 atom stereocenters. The zero-order valence-corrected chi connectivity index (χ0v) is 11.8. The average Bonchev–Trinajstić information content (AvgIpc) is 2.44. The molecule has 1 aromatic rings. The maximum absolute atomic E-state index is 11.0. The van der Waals surface area contributed by atoms with Crippen LogP contribution in [0.15, 0.2) is 24.3 Å². The Morgan fingerprint density at radius 3 is 2.26 bits per heavy atom. The summed E-state index contributed by atoms with van der Waals surface area (Å²) in [4.78, 5) is 11.0. The summed E-state index contributed by atoms with van der Waals surface area (Å²) in [5.74, 6) is -0.305. The predicted molar refractivity (Wildman–Crippen MR) is 77.2 cm³/mol. The third-order valence-electron chi connectivity index (χ3n) is 3.39. The van der Waals surface area contributed by atoms with Gasteiger partial charge in [0, 0.05) is 6.42 Å². The molecule has 0 heterocycles.